The van der Waals surface area contributed by atoms with E-state index in [0.29, 0.717) is 18.1 Å². The number of hydrogen-bond donors (Lipinski definition) is 1. The van der Waals surface area contributed by atoms with E-state index in [9.17, 15) is 9.18 Å². The van der Waals surface area contributed by atoms with Crippen molar-refractivity contribution in [3.63, 3.8) is 0 Å². The highest BCUT2D eigenvalue weighted by molar-refractivity contribution is 6.30. The molecular formula is C20H21ClFNO4. The summed E-state index contributed by atoms with van der Waals surface area (Å²) in [7, 11) is 1.56. The summed E-state index contributed by atoms with van der Waals surface area (Å²) in [5.74, 6) is 0.0153. The first-order valence-electron chi connectivity index (χ1n) is 8.71. The highest BCUT2D eigenvalue weighted by atomic mass is 35.5. The summed E-state index contributed by atoms with van der Waals surface area (Å²) in [6, 6.07) is 9.34. The van der Waals surface area contributed by atoms with Gasteiger partial charge in [0.2, 0.25) is 0 Å². The van der Waals surface area contributed by atoms with E-state index in [0.717, 1.165) is 31.1 Å². The van der Waals surface area contributed by atoms with Crippen LogP contribution in [0, 0.1) is 5.82 Å². The molecule has 1 fully saturated rings. The van der Waals surface area contributed by atoms with Crippen LogP contribution >= 0.6 is 11.6 Å². The molecular weight excluding hydrogens is 373 g/mol. The van der Waals surface area contributed by atoms with E-state index in [1.165, 1.54) is 12.1 Å². The van der Waals surface area contributed by atoms with Crippen molar-refractivity contribution < 1.29 is 23.4 Å². The van der Waals surface area contributed by atoms with E-state index in [2.05, 4.69) is 5.32 Å². The molecule has 2 aromatic carbocycles. The molecule has 3 rings (SSSR count). The molecule has 0 spiro atoms. The molecule has 0 radical (unpaired) electrons. The van der Waals surface area contributed by atoms with Gasteiger partial charge in [-0.05, 0) is 48.7 Å². The third-order valence-electron chi connectivity index (χ3n) is 4.31. The molecule has 0 bridgehead atoms. The minimum atomic E-state index is -0.657. The van der Waals surface area contributed by atoms with E-state index in [4.69, 9.17) is 25.8 Å². The van der Waals surface area contributed by atoms with Gasteiger partial charge in [0.15, 0.2) is 11.5 Å². The molecule has 0 saturated carbocycles. The second-order valence-corrected chi connectivity index (χ2v) is 6.67. The van der Waals surface area contributed by atoms with E-state index in [1.807, 2.05) is 6.07 Å². The summed E-state index contributed by atoms with van der Waals surface area (Å²) in [6.45, 7) is 1.48. The van der Waals surface area contributed by atoms with Gasteiger partial charge in [-0.2, -0.15) is 0 Å². The van der Waals surface area contributed by atoms with Gasteiger partial charge in [-0.15, -0.1) is 0 Å². The van der Waals surface area contributed by atoms with Gasteiger partial charge in [-0.1, -0.05) is 17.7 Å². The van der Waals surface area contributed by atoms with Crippen molar-refractivity contribution in [2.45, 2.75) is 25.5 Å². The predicted octanol–water partition coefficient (Wildman–Crippen LogP) is 3.98. The molecule has 0 aliphatic carbocycles. The number of methoxy groups -OCH3 is 1. The molecule has 1 atom stereocenters. The second kappa shape index (κ2) is 9.06. The first kappa shape index (κ1) is 19.5. The standard InChI is InChI=1S/C20H21ClFNO4/c1-25-19-9-13(4-7-18(19)27-12-15-3-2-8-26-15)11-23-20(24)16-6-5-14(21)10-17(16)22/h4-7,9-10,15H,2-3,8,11-12H2,1H3,(H,23,24)/t15-/m0/s1. The predicted molar refractivity (Wildman–Crippen MR) is 100 cm³/mol. The van der Waals surface area contributed by atoms with Crippen LogP contribution in [-0.2, 0) is 11.3 Å². The average molecular weight is 394 g/mol. The molecule has 27 heavy (non-hydrogen) atoms. The molecule has 1 aliphatic rings. The van der Waals surface area contributed by atoms with Crippen LogP contribution in [0.15, 0.2) is 36.4 Å². The lowest BCUT2D eigenvalue weighted by atomic mass is 10.1. The van der Waals surface area contributed by atoms with Gasteiger partial charge < -0.3 is 19.5 Å². The molecule has 0 aromatic heterocycles. The quantitative estimate of drug-likeness (QED) is 0.773. The maximum Gasteiger partial charge on any atom is 0.254 e. The van der Waals surface area contributed by atoms with E-state index < -0.39 is 11.7 Å². The van der Waals surface area contributed by atoms with Gasteiger partial charge in [0.05, 0.1) is 18.8 Å². The van der Waals surface area contributed by atoms with Crippen LogP contribution in [0.5, 0.6) is 11.5 Å². The fourth-order valence-corrected chi connectivity index (χ4v) is 3.01. The van der Waals surface area contributed by atoms with Gasteiger partial charge in [0, 0.05) is 18.2 Å². The summed E-state index contributed by atoms with van der Waals surface area (Å²) in [5.41, 5.74) is 0.752. The van der Waals surface area contributed by atoms with Crippen molar-refractivity contribution in [1.82, 2.24) is 5.32 Å². The Bertz CT molecular complexity index is 809. The molecule has 2 aromatic rings. The number of nitrogens with one attached hydrogen (secondary N) is 1. The molecule has 1 amide bonds. The maximum atomic E-state index is 13.8. The van der Waals surface area contributed by atoms with E-state index in [1.54, 1.807) is 19.2 Å². The lowest BCUT2D eigenvalue weighted by molar-refractivity contribution is 0.0669. The SMILES string of the molecule is COc1cc(CNC(=O)c2ccc(Cl)cc2F)ccc1OC[C@@H]1CCCO1. The summed E-state index contributed by atoms with van der Waals surface area (Å²) >= 11 is 5.70. The number of carbonyl (C=O) groups excluding carboxylic acids is 1. The monoisotopic (exact) mass is 393 g/mol. The van der Waals surface area contributed by atoms with Crippen LogP contribution < -0.4 is 14.8 Å². The highest BCUT2D eigenvalue weighted by Gasteiger charge is 2.17. The Morgan fingerprint density at radius 3 is 2.85 bits per heavy atom. The average Bonchev–Trinajstić information content (AvgIpc) is 3.18. The minimum absolute atomic E-state index is 0.0529. The zero-order valence-electron chi connectivity index (χ0n) is 15.0. The van der Waals surface area contributed by atoms with Crippen LogP contribution in [0.4, 0.5) is 4.39 Å². The second-order valence-electron chi connectivity index (χ2n) is 6.24. The Hall–Kier alpha value is -2.31. The molecule has 7 heteroatoms. The fraction of sp³-hybridized carbons (Fsp3) is 0.350. The fourth-order valence-electron chi connectivity index (χ4n) is 2.85. The maximum absolute atomic E-state index is 13.8. The lowest BCUT2D eigenvalue weighted by Crippen LogP contribution is -2.23. The Kier molecular flexibility index (Phi) is 6.53. The van der Waals surface area contributed by atoms with Crippen LogP contribution in [0.1, 0.15) is 28.8 Å². The van der Waals surface area contributed by atoms with Crippen LogP contribution in [0.25, 0.3) is 0 Å². The van der Waals surface area contributed by atoms with Crippen molar-refractivity contribution in [3.8, 4) is 11.5 Å². The third kappa shape index (κ3) is 5.11. The number of ether oxygens (including phenoxy) is 3. The van der Waals surface area contributed by atoms with Crippen molar-refractivity contribution >= 4 is 17.5 Å². The molecule has 1 N–H and O–H groups in total. The third-order valence-corrected chi connectivity index (χ3v) is 4.54. The zero-order valence-corrected chi connectivity index (χ0v) is 15.7. The number of rotatable bonds is 7. The zero-order chi connectivity index (χ0) is 19.2. The normalized spacial score (nSPS) is 16.2. The number of amides is 1. The first-order chi connectivity index (χ1) is 13.1. The number of benzene rings is 2. The Labute approximate surface area is 162 Å². The molecule has 1 heterocycles. The van der Waals surface area contributed by atoms with E-state index in [-0.39, 0.29) is 23.2 Å². The van der Waals surface area contributed by atoms with Gasteiger partial charge in [0.1, 0.15) is 12.4 Å². The van der Waals surface area contributed by atoms with Gasteiger partial charge in [-0.3, -0.25) is 4.79 Å². The Balaban J connectivity index is 1.60. The van der Waals surface area contributed by atoms with Gasteiger partial charge in [-0.25, -0.2) is 4.39 Å². The van der Waals surface area contributed by atoms with Gasteiger partial charge >= 0.3 is 0 Å². The number of hydrogen-bond acceptors (Lipinski definition) is 4. The van der Waals surface area contributed by atoms with Crippen molar-refractivity contribution in [3.05, 3.63) is 58.4 Å². The molecule has 0 unspecified atom stereocenters. The van der Waals surface area contributed by atoms with Crippen molar-refractivity contribution in [2.75, 3.05) is 20.3 Å². The van der Waals surface area contributed by atoms with Crippen LogP contribution in [0.3, 0.4) is 0 Å². The first-order valence-corrected chi connectivity index (χ1v) is 9.09. The van der Waals surface area contributed by atoms with Crippen LogP contribution in [0.2, 0.25) is 5.02 Å². The largest absolute Gasteiger partial charge is 0.493 e. The minimum Gasteiger partial charge on any atom is -0.493 e. The lowest BCUT2D eigenvalue weighted by Gasteiger charge is -2.15. The summed E-state index contributed by atoms with van der Waals surface area (Å²) in [4.78, 5) is 12.2. The topological polar surface area (TPSA) is 56.8 Å². The van der Waals surface area contributed by atoms with Crippen molar-refractivity contribution in [2.24, 2.45) is 0 Å². The molecule has 1 saturated heterocycles. The van der Waals surface area contributed by atoms with Crippen molar-refractivity contribution in [1.29, 1.82) is 0 Å². The summed E-state index contributed by atoms with van der Waals surface area (Å²) in [6.07, 6.45) is 2.16. The molecule has 144 valence electrons. The summed E-state index contributed by atoms with van der Waals surface area (Å²) < 4.78 is 30.5. The molecule has 5 nitrogen and oxygen atoms in total. The Morgan fingerprint density at radius 1 is 1.30 bits per heavy atom. The molecule has 1 aliphatic heterocycles. The highest BCUT2D eigenvalue weighted by Crippen LogP contribution is 2.29. The summed E-state index contributed by atoms with van der Waals surface area (Å²) in [5, 5.41) is 2.93. The van der Waals surface area contributed by atoms with Crippen LogP contribution in [-0.4, -0.2) is 32.3 Å². The van der Waals surface area contributed by atoms with E-state index >= 15 is 0 Å². The number of halogens is 2. The Morgan fingerprint density at radius 2 is 2.15 bits per heavy atom. The van der Waals surface area contributed by atoms with Gasteiger partial charge in [0.25, 0.3) is 5.91 Å². The number of carbonyl (C=O) groups is 1. The smallest absolute Gasteiger partial charge is 0.254 e.